The van der Waals surface area contributed by atoms with Crippen LogP contribution in [0.5, 0.6) is 0 Å². The largest absolute Gasteiger partial charge is 0.465 e. The highest BCUT2D eigenvalue weighted by Gasteiger charge is 2.16. The summed E-state index contributed by atoms with van der Waals surface area (Å²) in [5.74, 6) is -0.890. The van der Waals surface area contributed by atoms with E-state index in [0.29, 0.717) is 16.7 Å². The molecular formula is C16H14O4. The van der Waals surface area contributed by atoms with Crippen LogP contribution < -0.4 is 0 Å². The Labute approximate surface area is 116 Å². The SMILES string of the molecule is COC(=O)c1ccc(C(=O)OC)c(-c2ccccc2)c1. The minimum Gasteiger partial charge on any atom is -0.465 e. The molecule has 0 atom stereocenters. The highest BCUT2D eigenvalue weighted by molar-refractivity contribution is 6.00. The van der Waals surface area contributed by atoms with Gasteiger partial charge in [0.1, 0.15) is 0 Å². The maximum atomic E-state index is 11.8. The third-order valence-corrected chi connectivity index (χ3v) is 2.93. The van der Waals surface area contributed by atoms with Crippen LogP contribution in [0, 0.1) is 0 Å². The molecule has 0 heterocycles. The average Bonchev–Trinajstić information content (AvgIpc) is 2.53. The van der Waals surface area contributed by atoms with Gasteiger partial charge in [-0.1, -0.05) is 30.3 Å². The standard InChI is InChI=1S/C16H14O4/c1-19-15(17)12-8-9-13(16(18)20-2)14(10-12)11-6-4-3-5-7-11/h3-10H,1-2H3. The molecule has 0 aliphatic carbocycles. The van der Waals surface area contributed by atoms with E-state index in [1.165, 1.54) is 14.2 Å². The summed E-state index contributed by atoms with van der Waals surface area (Å²) < 4.78 is 9.47. The first-order chi connectivity index (χ1) is 9.67. The lowest BCUT2D eigenvalue weighted by Crippen LogP contribution is -2.07. The van der Waals surface area contributed by atoms with E-state index >= 15 is 0 Å². The van der Waals surface area contributed by atoms with Crippen LogP contribution in [0.3, 0.4) is 0 Å². The van der Waals surface area contributed by atoms with Gasteiger partial charge in [-0.25, -0.2) is 9.59 Å². The third-order valence-electron chi connectivity index (χ3n) is 2.93. The Morgan fingerprint density at radius 2 is 1.50 bits per heavy atom. The molecule has 102 valence electrons. The van der Waals surface area contributed by atoms with Gasteiger partial charge < -0.3 is 9.47 Å². The van der Waals surface area contributed by atoms with E-state index in [4.69, 9.17) is 9.47 Å². The average molecular weight is 270 g/mol. The van der Waals surface area contributed by atoms with Gasteiger partial charge in [-0.2, -0.15) is 0 Å². The van der Waals surface area contributed by atoms with Gasteiger partial charge in [0.05, 0.1) is 25.3 Å². The zero-order valence-electron chi connectivity index (χ0n) is 11.3. The fourth-order valence-corrected chi connectivity index (χ4v) is 1.93. The smallest absolute Gasteiger partial charge is 0.338 e. The van der Waals surface area contributed by atoms with E-state index in [1.807, 2.05) is 30.3 Å². The van der Waals surface area contributed by atoms with Crippen molar-refractivity contribution in [2.75, 3.05) is 14.2 Å². The van der Waals surface area contributed by atoms with Gasteiger partial charge in [0, 0.05) is 0 Å². The zero-order valence-corrected chi connectivity index (χ0v) is 11.3. The lowest BCUT2D eigenvalue weighted by Gasteiger charge is -2.10. The molecular weight excluding hydrogens is 256 g/mol. The second-order valence-corrected chi connectivity index (χ2v) is 4.11. The van der Waals surface area contributed by atoms with Gasteiger partial charge >= 0.3 is 11.9 Å². The number of rotatable bonds is 3. The summed E-state index contributed by atoms with van der Waals surface area (Å²) in [4.78, 5) is 23.4. The van der Waals surface area contributed by atoms with Crippen molar-refractivity contribution in [3.8, 4) is 11.1 Å². The van der Waals surface area contributed by atoms with Crippen molar-refractivity contribution < 1.29 is 19.1 Å². The molecule has 0 spiro atoms. The van der Waals surface area contributed by atoms with Crippen molar-refractivity contribution in [1.82, 2.24) is 0 Å². The Balaban J connectivity index is 2.60. The van der Waals surface area contributed by atoms with Crippen LogP contribution in [0.2, 0.25) is 0 Å². The summed E-state index contributed by atoms with van der Waals surface area (Å²) in [6.07, 6.45) is 0. The van der Waals surface area contributed by atoms with Crippen LogP contribution in [0.25, 0.3) is 11.1 Å². The van der Waals surface area contributed by atoms with E-state index in [0.717, 1.165) is 5.56 Å². The van der Waals surface area contributed by atoms with Crippen LogP contribution >= 0.6 is 0 Å². The van der Waals surface area contributed by atoms with Crippen LogP contribution in [0.15, 0.2) is 48.5 Å². The fraction of sp³-hybridized carbons (Fsp3) is 0.125. The molecule has 2 rings (SSSR count). The summed E-state index contributed by atoms with van der Waals surface area (Å²) in [6.45, 7) is 0. The van der Waals surface area contributed by atoms with Gasteiger partial charge in [0.25, 0.3) is 0 Å². The van der Waals surface area contributed by atoms with Crippen molar-refractivity contribution in [1.29, 1.82) is 0 Å². The van der Waals surface area contributed by atoms with E-state index in [1.54, 1.807) is 18.2 Å². The van der Waals surface area contributed by atoms with Gasteiger partial charge in [-0.05, 0) is 29.3 Å². The summed E-state index contributed by atoms with van der Waals surface area (Å²) in [5, 5.41) is 0. The Bertz CT molecular complexity index is 632. The van der Waals surface area contributed by atoms with Crippen molar-refractivity contribution in [2.45, 2.75) is 0 Å². The Morgan fingerprint density at radius 3 is 2.10 bits per heavy atom. The molecule has 4 nitrogen and oxygen atoms in total. The lowest BCUT2D eigenvalue weighted by molar-refractivity contribution is 0.0587. The molecule has 0 aromatic heterocycles. The van der Waals surface area contributed by atoms with E-state index in [2.05, 4.69) is 0 Å². The van der Waals surface area contributed by atoms with E-state index in [9.17, 15) is 9.59 Å². The first-order valence-corrected chi connectivity index (χ1v) is 6.03. The molecule has 0 saturated carbocycles. The molecule has 0 aliphatic heterocycles. The number of hydrogen-bond donors (Lipinski definition) is 0. The quantitative estimate of drug-likeness (QED) is 0.805. The van der Waals surface area contributed by atoms with Crippen LogP contribution in [0.4, 0.5) is 0 Å². The second-order valence-electron chi connectivity index (χ2n) is 4.11. The normalized spacial score (nSPS) is 9.90. The molecule has 0 fully saturated rings. The zero-order chi connectivity index (χ0) is 14.5. The molecule has 4 heteroatoms. The van der Waals surface area contributed by atoms with Crippen LogP contribution in [-0.2, 0) is 9.47 Å². The molecule has 2 aromatic carbocycles. The van der Waals surface area contributed by atoms with E-state index in [-0.39, 0.29) is 0 Å². The molecule has 0 aliphatic rings. The third kappa shape index (κ3) is 2.69. The summed E-state index contributed by atoms with van der Waals surface area (Å²) >= 11 is 0. The molecule has 0 bridgehead atoms. The molecule has 0 amide bonds. The molecule has 2 aromatic rings. The first-order valence-electron chi connectivity index (χ1n) is 6.03. The maximum Gasteiger partial charge on any atom is 0.338 e. The second kappa shape index (κ2) is 6.02. The number of benzene rings is 2. The Hall–Kier alpha value is -2.62. The van der Waals surface area contributed by atoms with Gasteiger partial charge in [-0.3, -0.25) is 0 Å². The van der Waals surface area contributed by atoms with E-state index < -0.39 is 11.9 Å². The topological polar surface area (TPSA) is 52.6 Å². The van der Waals surface area contributed by atoms with Crippen molar-refractivity contribution >= 4 is 11.9 Å². The Kier molecular flexibility index (Phi) is 4.15. The molecule has 0 unspecified atom stereocenters. The van der Waals surface area contributed by atoms with Crippen molar-refractivity contribution in [2.24, 2.45) is 0 Å². The first kappa shape index (κ1) is 13.8. The van der Waals surface area contributed by atoms with Crippen molar-refractivity contribution in [3.05, 3.63) is 59.7 Å². The number of hydrogen-bond acceptors (Lipinski definition) is 4. The number of carbonyl (C=O) groups excluding carboxylic acids is 2. The molecule has 0 radical (unpaired) electrons. The molecule has 20 heavy (non-hydrogen) atoms. The van der Waals surface area contributed by atoms with Crippen LogP contribution in [0.1, 0.15) is 20.7 Å². The number of esters is 2. The summed E-state index contributed by atoms with van der Waals surface area (Å²) in [6, 6.07) is 14.1. The van der Waals surface area contributed by atoms with Gasteiger partial charge in [0.15, 0.2) is 0 Å². The van der Waals surface area contributed by atoms with Crippen molar-refractivity contribution in [3.63, 3.8) is 0 Å². The highest BCUT2D eigenvalue weighted by atomic mass is 16.5. The Morgan fingerprint density at radius 1 is 0.850 bits per heavy atom. The predicted octanol–water partition coefficient (Wildman–Crippen LogP) is 2.93. The lowest BCUT2D eigenvalue weighted by atomic mass is 9.97. The highest BCUT2D eigenvalue weighted by Crippen LogP contribution is 2.26. The molecule has 0 saturated heterocycles. The summed E-state index contributed by atoms with van der Waals surface area (Å²) in [5.41, 5.74) is 2.27. The summed E-state index contributed by atoms with van der Waals surface area (Å²) in [7, 11) is 2.64. The minimum absolute atomic E-state index is 0.388. The number of methoxy groups -OCH3 is 2. The number of ether oxygens (including phenoxy) is 2. The van der Waals surface area contributed by atoms with Crippen LogP contribution in [-0.4, -0.2) is 26.2 Å². The number of carbonyl (C=O) groups is 2. The minimum atomic E-state index is -0.446. The maximum absolute atomic E-state index is 11.8. The predicted molar refractivity (Wildman–Crippen MR) is 74.6 cm³/mol. The monoisotopic (exact) mass is 270 g/mol. The van der Waals surface area contributed by atoms with Gasteiger partial charge in [0.2, 0.25) is 0 Å². The van der Waals surface area contributed by atoms with Gasteiger partial charge in [-0.15, -0.1) is 0 Å². The molecule has 0 N–H and O–H groups in total. The fourth-order valence-electron chi connectivity index (χ4n) is 1.93.